The number of guanidine groups is 1. The van der Waals surface area contributed by atoms with Crippen molar-refractivity contribution >= 4 is 24.6 Å². The molecule has 0 spiro atoms. The Morgan fingerprint density at radius 1 is 0.275 bits per heavy atom. The maximum Gasteiger partial charge on any atom is 0.257 e. The lowest BCUT2D eigenvalue weighted by molar-refractivity contribution is 0.464. The maximum absolute atomic E-state index is 11.9. The molecule has 0 saturated heterocycles. The van der Waals surface area contributed by atoms with Crippen molar-refractivity contribution in [2.75, 3.05) is 0 Å². The molecule has 3 aromatic carbocycles. The van der Waals surface area contributed by atoms with E-state index in [4.69, 9.17) is 10.2 Å². The van der Waals surface area contributed by atoms with Crippen molar-refractivity contribution in [3.8, 4) is 17.2 Å². The second-order valence-corrected chi connectivity index (χ2v) is 27.4. The summed E-state index contributed by atoms with van der Waals surface area (Å²) in [7, 11) is 0. The van der Waals surface area contributed by atoms with Gasteiger partial charge in [-0.15, -0.1) is 5.10 Å². The zero-order chi connectivity index (χ0) is 65.3. The highest BCUT2D eigenvalue weighted by molar-refractivity contribution is 5.89. The average Bonchev–Trinajstić information content (AvgIpc) is 3.73. The lowest BCUT2D eigenvalue weighted by atomic mass is 9.96. The molecule has 0 unspecified atom stereocenters. The molecule has 0 radical (unpaired) electrons. The van der Waals surface area contributed by atoms with E-state index < -0.39 is 0 Å². The zero-order valence-electron chi connectivity index (χ0n) is 60.0. The molecule has 5 N–H and O–H groups in total. The molecular formula is C82H140N6O3. The molecule has 0 aliphatic carbocycles. The Morgan fingerprint density at radius 2 is 0.484 bits per heavy atom. The van der Waals surface area contributed by atoms with Crippen LogP contribution >= 0.6 is 0 Å². The van der Waals surface area contributed by atoms with Crippen molar-refractivity contribution in [3.63, 3.8) is 0 Å². The van der Waals surface area contributed by atoms with E-state index >= 15 is 0 Å². The van der Waals surface area contributed by atoms with E-state index in [0.29, 0.717) is 16.7 Å². The Kier molecular flexibility index (Phi) is 50.3. The number of hydrogen-bond acceptors (Lipinski definition) is 7. The standard InChI is InChI=1S/C82H140N6O3/c1-7-13-19-25-31-37-43-49-55-70-61-73(58-52-46-40-34-28-22-16-10-4)79(89)76(64-70)67-83-86-82(87-84-68-77-65-71(56-50-44-38-32-26-20-14-8-2)62-74(80(77)90)59-53-47-41-35-29-23-17-11-5)88-85-69-78-66-72(57-51-45-39-33-27-21-15-9-3)63-75(81(78)91)60-54-48-42-36-30-24-18-12-6/h61-69,89-91H,7-60H2,1-6H3,(H2,86,87,88)/b83-67-,84-68-,85-69-. The van der Waals surface area contributed by atoms with Crippen LogP contribution in [0.15, 0.2) is 56.8 Å². The second kappa shape index (κ2) is 56.8. The lowest BCUT2D eigenvalue weighted by Gasteiger charge is -2.12. The topological polar surface area (TPSA) is 134 Å². The molecule has 3 rings (SSSR count). The maximum atomic E-state index is 11.9. The highest BCUT2D eigenvalue weighted by Gasteiger charge is 2.14. The Balaban J connectivity index is 2.03. The first-order valence-corrected chi connectivity index (χ1v) is 39.0. The van der Waals surface area contributed by atoms with Gasteiger partial charge in [-0.1, -0.05) is 329 Å². The summed E-state index contributed by atoms with van der Waals surface area (Å²) in [6.45, 7) is 13.7. The van der Waals surface area contributed by atoms with Gasteiger partial charge in [0.05, 0.1) is 18.6 Å². The van der Waals surface area contributed by atoms with E-state index in [2.05, 4.69) is 99.0 Å². The molecule has 91 heavy (non-hydrogen) atoms. The minimum atomic E-state index is 0.167. The SMILES string of the molecule is CCCCCCCCCCc1cc(/C=N\N=C(N/N=C\c2cc(CCCCCCCCCC)cc(CCCCCCCCCC)c2O)N/N=C\c2cc(CCCCCCCCCC)cc(CCCCCCCCCC)c2O)c(O)c(CCCCCCCCCC)c1. The van der Waals surface area contributed by atoms with Crippen LogP contribution in [0.1, 0.15) is 400 Å². The third-order valence-corrected chi connectivity index (χ3v) is 18.8. The van der Waals surface area contributed by atoms with Gasteiger partial charge in [0.2, 0.25) is 0 Å². The molecule has 0 saturated carbocycles. The van der Waals surface area contributed by atoms with Gasteiger partial charge in [-0.05, 0) is 129 Å². The van der Waals surface area contributed by atoms with Gasteiger partial charge >= 0.3 is 0 Å². The van der Waals surface area contributed by atoms with Crippen molar-refractivity contribution < 1.29 is 15.3 Å². The van der Waals surface area contributed by atoms with Crippen LogP contribution in [0.4, 0.5) is 0 Å². The summed E-state index contributed by atoms with van der Waals surface area (Å²) < 4.78 is 0. The third kappa shape index (κ3) is 40.3. The van der Waals surface area contributed by atoms with Crippen LogP contribution in [0.3, 0.4) is 0 Å². The Labute approximate surface area is 560 Å². The normalized spacial score (nSPS) is 11.8. The van der Waals surface area contributed by atoms with Gasteiger partial charge in [-0.25, -0.2) is 10.9 Å². The monoisotopic (exact) mass is 1260 g/mol. The molecule has 0 bridgehead atoms. The highest BCUT2D eigenvalue weighted by Crippen LogP contribution is 2.31. The summed E-state index contributed by atoms with van der Waals surface area (Å²) in [5, 5.41) is 54.4. The molecule has 0 aliphatic heterocycles. The minimum Gasteiger partial charge on any atom is -0.507 e. The molecule has 0 aliphatic rings. The van der Waals surface area contributed by atoms with Crippen LogP contribution in [0.2, 0.25) is 0 Å². The van der Waals surface area contributed by atoms with Crippen LogP contribution in [0.25, 0.3) is 0 Å². The number of aryl methyl sites for hydroxylation is 6. The van der Waals surface area contributed by atoms with E-state index in [0.717, 1.165) is 113 Å². The van der Waals surface area contributed by atoms with E-state index in [1.807, 2.05) is 0 Å². The van der Waals surface area contributed by atoms with E-state index in [9.17, 15) is 15.3 Å². The first kappa shape index (κ1) is 80.6. The van der Waals surface area contributed by atoms with Crippen molar-refractivity contribution in [2.24, 2.45) is 20.4 Å². The molecule has 516 valence electrons. The summed E-state index contributed by atoms with van der Waals surface area (Å²) in [4.78, 5) is 0. The van der Waals surface area contributed by atoms with E-state index in [-0.39, 0.29) is 23.2 Å². The van der Waals surface area contributed by atoms with Crippen molar-refractivity contribution in [1.82, 2.24) is 10.9 Å². The van der Waals surface area contributed by atoms with Crippen LogP contribution in [-0.2, 0) is 38.5 Å². The number of hydrazone groups is 2. The Morgan fingerprint density at radius 3 is 0.725 bits per heavy atom. The number of hydrogen-bond donors (Lipinski definition) is 5. The van der Waals surface area contributed by atoms with Crippen LogP contribution in [-0.4, -0.2) is 39.9 Å². The number of nitrogens with zero attached hydrogens (tertiary/aromatic N) is 4. The van der Waals surface area contributed by atoms with Gasteiger partial charge in [0, 0.05) is 16.7 Å². The van der Waals surface area contributed by atoms with Gasteiger partial charge in [-0.2, -0.15) is 15.3 Å². The number of rotatable bonds is 60. The fourth-order valence-corrected chi connectivity index (χ4v) is 12.9. The summed E-state index contributed by atoms with van der Waals surface area (Å²) >= 11 is 0. The number of benzene rings is 3. The minimum absolute atomic E-state index is 0.167. The number of nitrogens with one attached hydrogen (secondary N) is 2. The van der Waals surface area contributed by atoms with Gasteiger partial charge in [-0.3, -0.25) is 0 Å². The molecule has 0 aromatic heterocycles. The van der Waals surface area contributed by atoms with Crippen molar-refractivity contribution in [1.29, 1.82) is 0 Å². The molecule has 0 heterocycles. The third-order valence-electron chi connectivity index (χ3n) is 18.8. The molecule has 0 fully saturated rings. The van der Waals surface area contributed by atoms with E-state index in [1.165, 1.54) is 267 Å². The average molecular weight is 1260 g/mol. The van der Waals surface area contributed by atoms with Gasteiger partial charge < -0.3 is 15.3 Å². The lowest BCUT2D eigenvalue weighted by Crippen LogP contribution is -2.30. The predicted octanol–water partition coefficient (Wildman–Crippen LogP) is 24.8. The molecular weight excluding hydrogens is 1120 g/mol. The molecule has 0 amide bonds. The van der Waals surface area contributed by atoms with Crippen LogP contribution in [0.5, 0.6) is 17.2 Å². The molecule has 9 nitrogen and oxygen atoms in total. The second-order valence-electron chi connectivity index (χ2n) is 27.4. The Bertz CT molecular complexity index is 2250. The molecule has 9 heteroatoms. The number of phenolic OH excluding ortho intramolecular Hbond substituents is 3. The summed E-state index contributed by atoms with van der Waals surface area (Å²) in [5.74, 6) is 1.01. The smallest absolute Gasteiger partial charge is 0.257 e. The quantitative estimate of drug-likeness (QED) is 0.0166. The summed E-state index contributed by atoms with van der Waals surface area (Å²) in [6.07, 6.45) is 70.7. The molecule has 0 atom stereocenters. The van der Waals surface area contributed by atoms with Gasteiger partial charge in [0.1, 0.15) is 17.2 Å². The summed E-state index contributed by atoms with van der Waals surface area (Å²) in [5.41, 5.74) is 14.9. The number of phenols is 3. The first-order chi connectivity index (χ1) is 44.8. The largest absolute Gasteiger partial charge is 0.507 e. The van der Waals surface area contributed by atoms with Gasteiger partial charge in [0.15, 0.2) is 0 Å². The van der Waals surface area contributed by atoms with Crippen LogP contribution < -0.4 is 10.9 Å². The van der Waals surface area contributed by atoms with Crippen molar-refractivity contribution in [2.45, 2.75) is 388 Å². The van der Waals surface area contributed by atoms with Gasteiger partial charge in [0.25, 0.3) is 5.96 Å². The van der Waals surface area contributed by atoms with Crippen molar-refractivity contribution in [3.05, 3.63) is 86.5 Å². The van der Waals surface area contributed by atoms with E-state index in [1.54, 1.807) is 18.6 Å². The van der Waals surface area contributed by atoms with Crippen LogP contribution in [0, 0.1) is 0 Å². The zero-order valence-corrected chi connectivity index (χ0v) is 60.0. The molecule has 3 aromatic rings. The fourth-order valence-electron chi connectivity index (χ4n) is 12.9. The number of aromatic hydroxyl groups is 3. The predicted molar refractivity (Wildman–Crippen MR) is 399 cm³/mol. The highest BCUT2D eigenvalue weighted by atomic mass is 16.3. The number of unbranched alkanes of at least 4 members (excludes halogenated alkanes) is 42. The Hall–Kier alpha value is -4.66. The first-order valence-electron chi connectivity index (χ1n) is 39.0. The fraction of sp³-hybridized carbons (Fsp3) is 0.732. The summed E-state index contributed by atoms with van der Waals surface area (Å²) in [6, 6.07) is 13.0.